The molecule has 0 spiro atoms. The molecule has 1 aliphatic rings. The van der Waals surface area contributed by atoms with Crippen LogP contribution >= 0.6 is 0 Å². The van der Waals surface area contributed by atoms with Crippen LogP contribution in [0.3, 0.4) is 0 Å². The lowest BCUT2D eigenvalue weighted by atomic mass is 9.98. The first-order valence-corrected chi connectivity index (χ1v) is 4.47. The number of hydrogen-bond acceptors (Lipinski definition) is 2. The lowest BCUT2D eigenvalue weighted by molar-refractivity contribution is -0.130. The molecule has 0 aliphatic carbocycles. The molecule has 11 heavy (non-hydrogen) atoms. The van der Waals surface area contributed by atoms with Crippen molar-refractivity contribution in [2.75, 3.05) is 13.2 Å². The van der Waals surface area contributed by atoms with Gasteiger partial charge in [0.15, 0.2) is 6.29 Å². The van der Waals surface area contributed by atoms with Gasteiger partial charge in [-0.25, -0.2) is 0 Å². The second kappa shape index (κ2) is 4.07. The molecular weight excluding hydrogens is 140 g/mol. The number of hydrogen-bond donors (Lipinski definition) is 0. The number of rotatable bonds is 1. The summed E-state index contributed by atoms with van der Waals surface area (Å²) in [6, 6.07) is 0. The van der Waals surface area contributed by atoms with E-state index >= 15 is 0 Å². The minimum atomic E-state index is 0.0439. The Morgan fingerprint density at radius 1 is 1.09 bits per heavy atom. The molecule has 0 aromatic carbocycles. The van der Waals surface area contributed by atoms with Crippen LogP contribution < -0.4 is 0 Å². The Morgan fingerprint density at radius 2 is 1.55 bits per heavy atom. The van der Waals surface area contributed by atoms with Gasteiger partial charge in [0.2, 0.25) is 0 Å². The van der Waals surface area contributed by atoms with Crippen LogP contribution in [0, 0.1) is 11.8 Å². The third-order valence-electron chi connectivity index (χ3n) is 2.39. The first-order valence-electron chi connectivity index (χ1n) is 4.47. The van der Waals surface area contributed by atoms with Gasteiger partial charge in [0.05, 0.1) is 13.2 Å². The summed E-state index contributed by atoms with van der Waals surface area (Å²) in [6.45, 7) is 8.21. The molecule has 0 amide bonds. The van der Waals surface area contributed by atoms with E-state index in [1.54, 1.807) is 0 Å². The van der Waals surface area contributed by atoms with E-state index in [9.17, 15) is 0 Å². The zero-order valence-electron chi connectivity index (χ0n) is 7.67. The molecule has 1 rings (SSSR count). The van der Waals surface area contributed by atoms with Crippen molar-refractivity contribution in [1.82, 2.24) is 0 Å². The van der Waals surface area contributed by atoms with Gasteiger partial charge in [0, 0.05) is 0 Å². The highest BCUT2D eigenvalue weighted by atomic mass is 16.7. The molecule has 0 bridgehead atoms. The van der Waals surface area contributed by atoms with E-state index < -0.39 is 0 Å². The predicted molar refractivity (Wildman–Crippen MR) is 44.3 cm³/mol. The van der Waals surface area contributed by atoms with Gasteiger partial charge in [-0.3, -0.25) is 0 Å². The molecule has 66 valence electrons. The molecular formula is C9H18O2. The fourth-order valence-electron chi connectivity index (χ4n) is 1.13. The van der Waals surface area contributed by atoms with Gasteiger partial charge in [-0.05, 0) is 18.3 Å². The van der Waals surface area contributed by atoms with Crippen LogP contribution in [-0.2, 0) is 9.47 Å². The molecule has 0 saturated carbocycles. The first-order chi connectivity index (χ1) is 5.24. The summed E-state index contributed by atoms with van der Waals surface area (Å²) in [6.07, 6.45) is 1.00. The van der Waals surface area contributed by atoms with Gasteiger partial charge in [-0.1, -0.05) is 20.8 Å². The molecule has 0 aromatic heterocycles. The van der Waals surface area contributed by atoms with Gasteiger partial charge in [-0.2, -0.15) is 0 Å². The monoisotopic (exact) mass is 158 g/mol. The van der Waals surface area contributed by atoms with Crippen molar-refractivity contribution >= 4 is 0 Å². The van der Waals surface area contributed by atoms with E-state index in [1.165, 1.54) is 0 Å². The molecule has 0 N–H and O–H groups in total. The maximum atomic E-state index is 5.51. The summed E-state index contributed by atoms with van der Waals surface area (Å²) in [5.74, 6) is 1.26. The van der Waals surface area contributed by atoms with Crippen molar-refractivity contribution in [3.05, 3.63) is 0 Å². The zero-order valence-corrected chi connectivity index (χ0v) is 7.67. The molecule has 1 fully saturated rings. The second-order valence-corrected chi connectivity index (χ2v) is 3.46. The van der Waals surface area contributed by atoms with Crippen molar-refractivity contribution in [2.45, 2.75) is 33.5 Å². The van der Waals surface area contributed by atoms with Crippen LogP contribution in [0.4, 0.5) is 0 Å². The van der Waals surface area contributed by atoms with Crippen molar-refractivity contribution < 1.29 is 9.47 Å². The third-order valence-corrected chi connectivity index (χ3v) is 2.39. The van der Waals surface area contributed by atoms with Crippen molar-refractivity contribution in [3.8, 4) is 0 Å². The Bertz CT molecular complexity index is 102. The van der Waals surface area contributed by atoms with Gasteiger partial charge in [0.25, 0.3) is 0 Å². The quantitative estimate of drug-likeness (QED) is 0.581. The Labute approximate surface area is 68.9 Å². The van der Waals surface area contributed by atoms with Gasteiger partial charge >= 0.3 is 0 Å². The van der Waals surface area contributed by atoms with Gasteiger partial charge in [-0.15, -0.1) is 0 Å². The minimum absolute atomic E-state index is 0.0439. The summed E-state index contributed by atoms with van der Waals surface area (Å²) in [5.41, 5.74) is 0. The summed E-state index contributed by atoms with van der Waals surface area (Å²) >= 11 is 0. The largest absolute Gasteiger partial charge is 0.352 e. The molecule has 1 heterocycles. The van der Waals surface area contributed by atoms with E-state index in [4.69, 9.17) is 9.47 Å². The Morgan fingerprint density at radius 3 is 1.91 bits per heavy atom. The Balaban J connectivity index is 2.38. The van der Waals surface area contributed by atoms with Crippen LogP contribution in [0.15, 0.2) is 0 Å². The Kier molecular flexibility index (Phi) is 3.34. The molecule has 1 saturated heterocycles. The maximum Gasteiger partial charge on any atom is 0.157 e. The minimum Gasteiger partial charge on any atom is -0.352 e. The van der Waals surface area contributed by atoms with E-state index in [0.29, 0.717) is 11.8 Å². The van der Waals surface area contributed by atoms with Crippen LogP contribution in [0.2, 0.25) is 0 Å². The fourth-order valence-corrected chi connectivity index (χ4v) is 1.13. The predicted octanol–water partition coefficient (Wildman–Crippen LogP) is 2.04. The number of ether oxygens (including phenoxy) is 2. The zero-order chi connectivity index (χ0) is 8.27. The fraction of sp³-hybridized carbons (Fsp3) is 1.00. The van der Waals surface area contributed by atoms with Crippen LogP contribution in [0.5, 0.6) is 0 Å². The average Bonchev–Trinajstić information content (AvgIpc) is 2.16. The van der Waals surface area contributed by atoms with Crippen molar-refractivity contribution in [3.63, 3.8) is 0 Å². The molecule has 0 aromatic rings. The summed E-state index contributed by atoms with van der Waals surface area (Å²) in [4.78, 5) is 0. The van der Waals surface area contributed by atoms with Crippen LogP contribution in [0.1, 0.15) is 27.2 Å². The summed E-state index contributed by atoms with van der Waals surface area (Å²) in [5, 5.41) is 0. The van der Waals surface area contributed by atoms with E-state index in [-0.39, 0.29) is 6.29 Å². The van der Waals surface area contributed by atoms with E-state index in [0.717, 1.165) is 19.6 Å². The SMILES string of the molecule is CCC1OCC(C)C(C)CO1. The lowest BCUT2D eigenvalue weighted by Gasteiger charge is -2.12. The lowest BCUT2D eigenvalue weighted by Crippen LogP contribution is -2.14. The molecule has 1 aliphatic heterocycles. The smallest absolute Gasteiger partial charge is 0.157 e. The molecule has 2 nitrogen and oxygen atoms in total. The van der Waals surface area contributed by atoms with Gasteiger partial charge in [0.1, 0.15) is 0 Å². The van der Waals surface area contributed by atoms with Gasteiger partial charge < -0.3 is 9.47 Å². The van der Waals surface area contributed by atoms with E-state index in [2.05, 4.69) is 20.8 Å². The highest BCUT2D eigenvalue weighted by molar-refractivity contribution is 4.64. The molecule has 0 radical (unpaired) electrons. The average molecular weight is 158 g/mol. The van der Waals surface area contributed by atoms with Crippen LogP contribution in [0.25, 0.3) is 0 Å². The maximum absolute atomic E-state index is 5.51. The highest BCUT2D eigenvalue weighted by Gasteiger charge is 2.20. The second-order valence-electron chi connectivity index (χ2n) is 3.46. The standard InChI is InChI=1S/C9H18O2/c1-4-9-10-5-7(2)8(3)6-11-9/h7-9H,4-6H2,1-3H3. The summed E-state index contributed by atoms with van der Waals surface area (Å²) in [7, 11) is 0. The molecule has 2 atom stereocenters. The summed E-state index contributed by atoms with van der Waals surface area (Å²) < 4.78 is 11.0. The van der Waals surface area contributed by atoms with E-state index in [1.807, 2.05) is 0 Å². The topological polar surface area (TPSA) is 18.5 Å². The third kappa shape index (κ3) is 2.46. The van der Waals surface area contributed by atoms with Crippen LogP contribution in [-0.4, -0.2) is 19.5 Å². The molecule has 2 unspecified atom stereocenters. The van der Waals surface area contributed by atoms with Crippen molar-refractivity contribution in [2.24, 2.45) is 11.8 Å². The first kappa shape index (κ1) is 9.01. The van der Waals surface area contributed by atoms with Crippen molar-refractivity contribution in [1.29, 1.82) is 0 Å². The highest BCUT2D eigenvalue weighted by Crippen LogP contribution is 2.18. The molecule has 2 heteroatoms. The normalized spacial score (nSPS) is 40.1. The Hall–Kier alpha value is -0.0800.